The van der Waals surface area contributed by atoms with Gasteiger partial charge < -0.3 is 9.59 Å². The number of unbranched alkanes of at least 4 members (excludes halogenated alkanes) is 1. The maximum atomic E-state index is 10.5. The van der Waals surface area contributed by atoms with Crippen LogP contribution >= 0.6 is 0 Å². The maximum absolute atomic E-state index is 10.5. The van der Waals surface area contributed by atoms with Crippen LogP contribution in [0.2, 0.25) is 19.1 Å². The molecule has 0 aliphatic rings. The van der Waals surface area contributed by atoms with Gasteiger partial charge in [-0.05, 0) is 32.5 Å². The summed E-state index contributed by atoms with van der Waals surface area (Å²) in [5.74, 6) is 0.252. The molecule has 0 saturated carbocycles. The zero-order chi connectivity index (χ0) is 8.91. The molecule has 0 rings (SSSR count). The number of ketones is 1. The van der Waals surface area contributed by atoms with Crippen molar-refractivity contribution in [2.75, 3.05) is 0 Å². The van der Waals surface area contributed by atoms with Crippen molar-refractivity contribution in [3.05, 3.63) is 0 Å². The van der Waals surface area contributed by atoms with Crippen LogP contribution in [-0.4, -0.2) is 18.9 Å². The molecule has 0 aromatic carbocycles. The van der Waals surface area contributed by atoms with Crippen molar-refractivity contribution in [2.24, 2.45) is 0 Å². The van der Waals surface area contributed by atoms with Crippen LogP contribution in [0.1, 0.15) is 26.2 Å². The van der Waals surface area contributed by atoms with Crippen LogP contribution in [0.15, 0.2) is 0 Å². The molecule has 0 amide bonds. The second-order valence-corrected chi connectivity index (χ2v) is 7.85. The Morgan fingerprint density at radius 2 is 1.91 bits per heavy atom. The maximum Gasteiger partial charge on any atom is 0.182 e. The third kappa shape index (κ3) is 9.85. The lowest BCUT2D eigenvalue weighted by atomic mass is 10.2. The molecule has 1 N–H and O–H groups in total. The highest BCUT2D eigenvalue weighted by atomic mass is 28.4. The highest BCUT2D eigenvalue weighted by molar-refractivity contribution is 6.69. The molecule has 0 unspecified atom stereocenters. The monoisotopic (exact) mass is 174 g/mol. The highest BCUT2D eigenvalue weighted by Crippen LogP contribution is 2.10. The predicted octanol–water partition coefficient (Wildman–Crippen LogP) is 1.94. The summed E-state index contributed by atoms with van der Waals surface area (Å²) < 4.78 is 0. The van der Waals surface area contributed by atoms with Gasteiger partial charge in [0.1, 0.15) is 5.78 Å². The number of carbonyl (C=O) groups is 1. The molecule has 2 nitrogen and oxygen atoms in total. The number of carbonyl (C=O) groups excluding carboxylic acids is 1. The molecule has 0 aromatic rings. The Balaban J connectivity index is 3.22. The lowest BCUT2D eigenvalue weighted by Crippen LogP contribution is -2.24. The van der Waals surface area contributed by atoms with Gasteiger partial charge in [-0.3, -0.25) is 0 Å². The molecule has 0 spiro atoms. The molecular weight excluding hydrogens is 156 g/mol. The Hall–Kier alpha value is -0.153. The summed E-state index contributed by atoms with van der Waals surface area (Å²) in [7, 11) is -1.84. The Morgan fingerprint density at radius 1 is 1.36 bits per heavy atom. The van der Waals surface area contributed by atoms with Crippen molar-refractivity contribution in [1.29, 1.82) is 0 Å². The number of hydrogen-bond acceptors (Lipinski definition) is 2. The van der Waals surface area contributed by atoms with E-state index >= 15 is 0 Å². The quantitative estimate of drug-likeness (QED) is 0.511. The molecule has 11 heavy (non-hydrogen) atoms. The van der Waals surface area contributed by atoms with Crippen LogP contribution in [0.4, 0.5) is 0 Å². The molecule has 0 bridgehead atoms. The smallest absolute Gasteiger partial charge is 0.182 e. The lowest BCUT2D eigenvalue weighted by molar-refractivity contribution is -0.117. The third-order valence-electron chi connectivity index (χ3n) is 1.57. The van der Waals surface area contributed by atoms with Gasteiger partial charge >= 0.3 is 0 Å². The fourth-order valence-electron chi connectivity index (χ4n) is 0.932. The first-order chi connectivity index (χ1) is 4.92. The molecule has 0 aliphatic heterocycles. The van der Waals surface area contributed by atoms with Crippen molar-refractivity contribution in [3.63, 3.8) is 0 Å². The highest BCUT2D eigenvalue weighted by Gasteiger charge is 2.15. The van der Waals surface area contributed by atoms with E-state index in [1.165, 1.54) is 0 Å². The van der Waals surface area contributed by atoms with Gasteiger partial charge in [-0.1, -0.05) is 6.42 Å². The fraction of sp³-hybridized carbons (Fsp3) is 0.875. The first-order valence-electron chi connectivity index (χ1n) is 4.13. The fourth-order valence-corrected chi connectivity index (χ4v) is 2.05. The van der Waals surface area contributed by atoms with E-state index in [2.05, 4.69) is 0 Å². The van der Waals surface area contributed by atoms with Gasteiger partial charge in [0.05, 0.1) is 0 Å². The number of Topliss-reactive ketones (excluding diaryl/α,β-unsaturated/α-hetero) is 1. The molecule has 0 saturated heterocycles. The van der Waals surface area contributed by atoms with E-state index in [1.54, 1.807) is 6.92 Å². The zero-order valence-corrected chi connectivity index (χ0v) is 8.68. The van der Waals surface area contributed by atoms with Crippen molar-refractivity contribution in [1.82, 2.24) is 0 Å². The van der Waals surface area contributed by atoms with Crippen molar-refractivity contribution in [3.8, 4) is 0 Å². The standard InChI is InChI=1S/C8H18O2Si/c1-8(9)6-4-5-7-11(2,3)10/h10H,4-7H2,1-3H3. The summed E-state index contributed by atoms with van der Waals surface area (Å²) in [5.41, 5.74) is 0. The summed E-state index contributed by atoms with van der Waals surface area (Å²) in [6.45, 7) is 5.48. The minimum absolute atomic E-state index is 0.252. The first-order valence-corrected chi connectivity index (χ1v) is 7.29. The van der Waals surface area contributed by atoms with Crippen molar-refractivity contribution in [2.45, 2.75) is 45.3 Å². The van der Waals surface area contributed by atoms with E-state index in [-0.39, 0.29) is 5.78 Å². The van der Waals surface area contributed by atoms with E-state index in [4.69, 9.17) is 0 Å². The molecular formula is C8H18O2Si. The molecule has 0 fully saturated rings. The van der Waals surface area contributed by atoms with Crippen molar-refractivity contribution < 1.29 is 9.59 Å². The minimum Gasteiger partial charge on any atom is -0.432 e. The van der Waals surface area contributed by atoms with E-state index in [9.17, 15) is 9.59 Å². The van der Waals surface area contributed by atoms with Gasteiger partial charge in [0.2, 0.25) is 0 Å². The Bertz CT molecular complexity index is 127. The van der Waals surface area contributed by atoms with Crippen LogP contribution in [0.5, 0.6) is 0 Å². The molecule has 3 heteroatoms. The van der Waals surface area contributed by atoms with E-state index in [0.717, 1.165) is 18.9 Å². The van der Waals surface area contributed by atoms with E-state index < -0.39 is 8.32 Å². The second kappa shape index (κ2) is 4.67. The Kier molecular flexibility index (Phi) is 4.60. The average molecular weight is 174 g/mol. The molecule has 66 valence electrons. The van der Waals surface area contributed by atoms with Crippen LogP contribution < -0.4 is 0 Å². The normalized spacial score (nSPS) is 11.6. The molecule has 0 aromatic heterocycles. The largest absolute Gasteiger partial charge is 0.432 e. The van der Waals surface area contributed by atoms with Crippen molar-refractivity contribution >= 4 is 14.1 Å². The topological polar surface area (TPSA) is 37.3 Å². The molecule has 0 aliphatic carbocycles. The van der Waals surface area contributed by atoms with Crippen LogP contribution in [-0.2, 0) is 4.79 Å². The summed E-state index contributed by atoms with van der Waals surface area (Å²) in [6, 6.07) is 0.917. The minimum atomic E-state index is -1.84. The summed E-state index contributed by atoms with van der Waals surface area (Å²) in [4.78, 5) is 20.0. The third-order valence-corrected chi connectivity index (χ3v) is 3.14. The molecule has 0 heterocycles. The second-order valence-electron chi connectivity index (χ2n) is 3.72. The van der Waals surface area contributed by atoms with Gasteiger partial charge in [-0.2, -0.15) is 0 Å². The van der Waals surface area contributed by atoms with Crippen LogP contribution in [0.3, 0.4) is 0 Å². The SMILES string of the molecule is CC(=O)CCCC[Si](C)(C)O. The van der Waals surface area contributed by atoms with Gasteiger partial charge in [-0.25, -0.2) is 0 Å². The first kappa shape index (κ1) is 10.8. The summed E-state index contributed by atoms with van der Waals surface area (Å²) >= 11 is 0. The lowest BCUT2D eigenvalue weighted by Gasteiger charge is -2.12. The van der Waals surface area contributed by atoms with E-state index in [1.807, 2.05) is 13.1 Å². The van der Waals surface area contributed by atoms with E-state index in [0.29, 0.717) is 6.42 Å². The zero-order valence-electron chi connectivity index (χ0n) is 7.68. The summed E-state index contributed by atoms with van der Waals surface area (Å²) in [6.07, 6.45) is 2.60. The number of rotatable bonds is 5. The van der Waals surface area contributed by atoms with Gasteiger partial charge in [0.25, 0.3) is 0 Å². The van der Waals surface area contributed by atoms with Gasteiger partial charge in [-0.15, -0.1) is 0 Å². The Labute approximate surface area is 69.8 Å². The van der Waals surface area contributed by atoms with Gasteiger partial charge in [0.15, 0.2) is 8.32 Å². The average Bonchev–Trinajstić information content (AvgIpc) is 1.78. The Morgan fingerprint density at radius 3 is 2.27 bits per heavy atom. The number of hydrogen-bond donors (Lipinski definition) is 1. The molecule has 0 atom stereocenters. The van der Waals surface area contributed by atoms with Crippen LogP contribution in [0, 0.1) is 0 Å². The summed E-state index contributed by atoms with van der Waals surface area (Å²) in [5, 5.41) is 0. The predicted molar refractivity (Wildman–Crippen MR) is 49.0 cm³/mol. The van der Waals surface area contributed by atoms with Gasteiger partial charge in [0, 0.05) is 6.42 Å². The molecule has 0 radical (unpaired) electrons. The van der Waals surface area contributed by atoms with Crippen LogP contribution in [0.25, 0.3) is 0 Å².